The van der Waals surface area contributed by atoms with Gasteiger partial charge in [-0.05, 0) is 53.4 Å². The van der Waals surface area contributed by atoms with Crippen LogP contribution in [0.1, 0.15) is 79.9 Å². The van der Waals surface area contributed by atoms with E-state index < -0.39 is 77.1 Å². The molecule has 0 aliphatic heterocycles. The molecule has 0 saturated heterocycles. The maximum absolute atomic E-state index is 14.3. The smallest absolute Gasteiger partial charge is 0.243 e. The molecule has 15 nitrogen and oxygen atoms in total. The van der Waals surface area contributed by atoms with E-state index in [1.807, 2.05) is 116 Å². The minimum atomic E-state index is -1.04. The fraction of sp³-hybridized carbons (Fsp3) is 0.532. The largest absolute Gasteiger partial charge is 0.361 e. The first kappa shape index (κ1) is 50.5. The number of H-pyrrole nitrogens is 2. The molecule has 0 aliphatic carbocycles. The third-order valence-corrected chi connectivity index (χ3v) is 11.6. The molecule has 0 fully saturated rings. The fourth-order valence-electron chi connectivity index (χ4n) is 7.60. The molecule has 1 unspecified atom stereocenters. The number of nitrogens with one attached hydrogen (secondary N) is 8. The Kier molecular flexibility index (Phi) is 18.8. The van der Waals surface area contributed by atoms with E-state index in [0.717, 1.165) is 32.9 Å². The summed E-state index contributed by atoms with van der Waals surface area (Å²) in [6.07, 6.45) is 5.20. The molecule has 0 bridgehead atoms. The normalized spacial score (nSPS) is 15.7. The summed E-state index contributed by atoms with van der Waals surface area (Å²) < 4.78 is 0. The van der Waals surface area contributed by atoms with Crippen molar-refractivity contribution >= 4 is 70.3 Å². The lowest BCUT2D eigenvalue weighted by molar-refractivity contribution is -0.133. The number of para-hydroxylation sites is 2. The number of aromatic amines is 2. The molecule has 4 aromatic rings. The highest BCUT2D eigenvalue weighted by Gasteiger charge is 2.34. The van der Waals surface area contributed by atoms with E-state index in [0.29, 0.717) is 12.7 Å². The van der Waals surface area contributed by atoms with Crippen molar-refractivity contribution in [2.24, 2.45) is 29.4 Å². The first-order valence-corrected chi connectivity index (χ1v) is 22.6. The van der Waals surface area contributed by atoms with Crippen LogP contribution >= 0.6 is 12.6 Å². The first-order valence-electron chi connectivity index (χ1n) is 22.0. The molecule has 2 aromatic carbocycles. The maximum Gasteiger partial charge on any atom is 0.243 e. The lowest BCUT2D eigenvalue weighted by Crippen LogP contribution is -2.61. The Bertz CT molecular complexity index is 2160. The van der Waals surface area contributed by atoms with Crippen molar-refractivity contribution in [2.75, 3.05) is 6.54 Å². The molecule has 0 saturated carbocycles. The number of rotatable bonds is 24. The molecule has 0 radical (unpaired) electrons. The first-order chi connectivity index (χ1) is 29.8. The van der Waals surface area contributed by atoms with E-state index in [1.54, 1.807) is 6.92 Å². The van der Waals surface area contributed by atoms with Crippen molar-refractivity contribution in [1.29, 1.82) is 0 Å². The molecule has 8 atom stereocenters. The molecule has 16 heteroatoms. The van der Waals surface area contributed by atoms with Crippen LogP contribution in [0.3, 0.4) is 0 Å². The van der Waals surface area contributed by atoms with E-state index in [9.17, 15) is 28.8 Å². The number of aldehydes is 1. The van der Waals surface area contributed by atoms with Crippen LogP contribution < -0.4 is 37.6 Å². The van der Waals surface area contributed by atoms with Gasteiger partial charge in [0, 0.05) is 64.9 Å². The Morgan fingerprint density at radius 3 is 1.60 bits per heavy atom. The highest BCUT2D eigenvalue weighted by molar-refractivity contribution is 7.81. The summed E-state index contributed by atoms with van der Waals surface area (Å²) in [5.74, 6) is -2.95. The summed E-state index contributed by atoms with van der Waals surface area (Å²) in [4.78, 5) is 87.5. The van der Waals surface area contributed by atoms with Gasteiger partial charge in [-0.25, -0.2) is 0 Å². The van der Waals surface area contributed by atoms with Crippen molar-refractivity contribution < 1.29 is 28.8 Å². The number of carbonyl (C=O) groups excluding carboxylic acids is 6. The second-order valence-electron chi connectivity index (χ2n) is 18.1. The summed E-state index contributed by atoms with van der Waals surface area (Å²) in [5.41, 5.74) is 9.66. The highest BCUT2D eigenvalue weighted by Crippen LogP contribution is 2.21. The lowest BCUT2D eigenvalue weighted by atomic mass is 9.98. The van der Waals surface area contributed by atoms with Gasteiger partial charge in [0.25, 0.3) is 0 Å². The quantitative estimate of drug-likeness (QED) is 0.0368. The van der Waals surface area contributed by atoms with Crippen LogP contribution in [0.5, 0.6) is 0 Å². The van der Waals surface area contributed by atoms with Crippen LogP contribution in [-0.2, 0) is 41.6 Å². The average Bonchev–Trinajstić information content (AvgIpc) is 3.83. The lowest BCUT2D eigenvalue weighted by Gasteiger charge is -2.31. The van der Waals surface area contributed by atoms with Crippen LogP contribution in [0.2, 0.25) is 0 Å². The topological polar surface area (TPSA) is 232 Å². The molecule has 344 valence electrons. The maximum atomic E-state index is 14.3. The number of thiol groups is 1. The molecular weight excluding hydrogens is 819 g/mol. The number of amides is 5. The van der Waals surface area contributed by atoms with E-state index in [-0.39, 0.29) is 43.1 Å². The standard InChI is InChI=1S/C47H69N9O6S/c1-25(2)18-35(48)43(58)55-41(28(7)8)46(61)53-38(20-31-22-50-37-17-13-11-15-34(31)37)44(59)54-39(26(3)4)23-51-42(29(9)63)47(62)56-40(27(5)6)45(60)52-32(24-57)19-30-21-49-36-16-12-10-14-33(30)36/h10-17,21-22,24-29,32,35,38-42,49-51,63H,18-20,23,48H2,1-9H3,(H,52,60)(H,53,61)(H,54,59)(H,55,58)(H,56,62)/t29?,32-,35+,38+,39+,40+,41-,42-/m0/s1. The van der Waals surface area contributed by atoms with Gasteiger partial charge >= 0.3 is 0 Å². The molecule has 4 rings (SSSR count). The molecule has 2 aromatic heterocycles. The minimum Gasteiger partial charge on any atom is -0.361 e. The van der Waals surface area contributed by atoms with Crippen LogP contribution in [0, 0.1) is 23.7 Å². The van der Waals surface area contributed by atoms with Gasteiger partial charge in [-0.1, -0.05) is 98.7 Å². The Labute approximate surface area is 376 Å². The minimum absolute atomic E-state index is 0.124. The summed E-state index contributed by atoms with van der Waals surface area (Å²) in [6, 6.07) is 9.41. The van der Waals surface area contributed by atoms with Gasteiger partial charge in [0.15, 0.2) is 0 Å². The monoisotopic (exact) mass is 888 g/mol. The average molecular weight is 888 g/mol. The summed E-state index contributed by atoms with van der Waals surface area (Å²) in [7, 11) is 0. The van der Waals surface area contributed by atoms with E-state index >= 15 is 0 Å². The SMILES string of the molecule is CC(C)C[C@@H](N)C(=O)N[C@H](C(=O)N[C@H](Cc1c[nH]c2ccccc12)C(=O)N[C@H](CN[C@H](C(=O)N[C@@H](C(=O)N[C@H](C=O)Cc1c[nH]c2ccccc12)C(C)C)C(C)S)C(C)C)C(C)C. The van der Waals surface area contributed by atoms with Crippen molar-refractivity contribution in [3.8, 4) is 0 Å². The molecule has 10 N–H and O–H groups in total. The van der Waals surface area contributed by atoms with E-state index in [2.05, 4.69) is 54.5 Å². The Morgan fingerprint density at radius 1 is 0.619 bits per heavy atom. The Balaban J connectivity index is 1.47. The number of nitrogens with two attached hydrogens (primary N) is 1. The summed E-state index contributed by atoms with van der Waals surface area (Å²) >= 11 is 4.62. The molecule has 63 heavy (non-hydrogen) atoms. The Morgan fingerprint density at radius 2 is 1.11 bits per heavy atom. The predicted molar refractivity (Wildman–Crippen MR) is 252 cm³/mol. The molecular formula is C47H69N9O6S. The van der Waals surface area contributed by atoms with Crippen molar-refractivity contribution in [3.05, 3.63) is 72.1 Å². The van der Waals surface area contributed by atoms with Gasteiger partial charge in [0.1, 0.15) is 24.4 Å². The second kappa shape index (κ2) is 23.5. The van der Waals surface area contributed by atoms with Crippen molar-refractivity contribution in [3.63, 3.8) is 0 Å². The number of hydrogen-bond acceptors (Lipinski definition) is 9. The number of aromatic nitrogens is 2. The summed E-state index contributed by atoms with van der Waals surface area (Å²) in [5, 5.41) is 19.2. The molecule has 0 spiro atoms. The summed E-state index contributed by atoms with van der Waals surface area (Å²) in [6.45, 7) is 16.9. The third kappa shape index (κ3) is 14.2. The van der Waals surface area contributed by atoms with Crippen LogP contribution in [0.15, 0.2) is 60.9 Å². The van der Waals surface area contributed by atoms with Gasteiger partial charge in [-0.2, -0.15) is 12.6 Å². The highest BCUT2D eigenvalue weighted by atomic mass is 32.1. The van der Waals surface area contributed by atoms with E-state index in [4.69, 9.17) is 5.73 Å². The van der Waals surface area contributed by atoms with Crippen LogP contribution in [0.4, 0.5) is 0 Å². The Hall–Kier alpha value is -5.19. The van der Waals surface area contributed by atoms with Gasteiger partial charge in [0.05, 0.1) is 18.1 Å². The third-order valence-electron chi connectivity index (χ3n) is 11.3. The molecule has 0 aliphatic rings. The second-order valence-corrected chi connectivity index (χ2v) is 18.9. The van der Waals surface area contributed by atoms with E-state index in [1.165, 1.54) is 0 Å². The van der Waals surface area contributed by atoms with Gasteiger partial charge in [-0.15, -0.1) is 0 Å². The van der Waals surface area contributed by atoms with Crippen LogP contribution in [0.25, 0.3) is 21.8 Å². The van der Waals surface area contributed by atoms with Crippen molar-refractivity contribution in [2.45, 2.75) is 129 Å². The number of hydrogen-bond donors (Lipinski definition) is 10. The zero-order chi connectivity index (χ0) is 46.5. The number of benzene rings is 2. The molecule has 2 heterocycles. The zero-order valence-electron chi connectivity index (χ0n) is 38.1. The van der Waals surface area contributed by atoms with Crippen LogP contribution in [-0.4, -0.2) is 99.9 Å². The van der Waals surface area contributed by atoms with Gasteiger partial charge in [0.2, 0.25) is 29.5 Å². The predicted octanol–water partition coefficient (Wildman–Crippen LogP) is 3.68. The molecule has 5 amide bonds. The van der Waals surface area contributed by atoms with Gasteiger partial charge < -0.3 is 52.4 Å². The van der Waals surface area contributed by atoms with Crippen molar-refractivity contribution in [1.82, 2.24) is 41.9 Å². The fourth-order valence-corrected chi connectivity index (χ4v) is 7.84. The number of carbonyl (C=O) groups is 6. The van der Waals surface area contributed by atoms with Gasteiger partial charge in [-0.3, -0.25) is 24.0 Å². The number of fused-ring (bicyclic) bond motifs is 2. The zero-order valence-corrected chi connectivity index (χ0v) is 39.0.